The number of nitrogens with zero attached hydrogens (tertiary/aromatic N) is 1. The van der Waals surface area contributed by atoms with Crippen molar-refractivity contribution in [3.8, 4) is 5.75 Å². The minimum atomic E-state index is -0.556. The van der Waals surface area contributed by atoms with Crippen LogP contribution in [0.1, 0.15) is 37.5 Å². The number of nitrogens with one attached hydrogen (secondary N) is 2. The second-order valence-electron chi connectivity index (χ2n) is 5.61. The number of hydrogen-bond donors (Lipinski definition) is 3. The van der Waals surface area contributed by atoms with Gasteiger partial charge in [-0.25, -0.2) is 0 Å². The Kier molecular flexibility index (Phi) is 4.66. The third-order valence-electron chi connectivity index (χ3n) is 3.89. The van der Waals surface area contributed by atoms with Crippen LogP contribution in [-0.2, 0) is 4.79 Å². The number of hydrazine groups is 1. The normalized spacial score (nSPS) is 12.7. The Hall–Kier alpha value is -3.68. The smallest absolute Gasteiger partial charge is 0.269 e. The van der Waals surface area contributed by atoms with Gasteiger partial charge in [-0.05, 0) is 36.4 Å². The maximum Gasteiger partial charge on any atom is 0.269 e. The number of imide groups is 1. The fraction of sp³-hybridized carbons (Fsp3) is 0.111. The van der Waals surface area contributed by atoms with Gasteiger partial charge < -0.3 is 5.11 Å². The van der Waals surface area contributed by atoms with E-state index in [9.17, 15) is 24.3 Å². The summed E-state index contributed by atoms with van der Waals surface area (Å²) in [4.78, 5) is 49.1. The van der Waals surface area contributed by atoms with E-state index in [0.717, 1.165) is 4.90 Å². The molecule has 2 aromatic carbocycles. The molecule has 3 rings (SSSR count). The maximum atomic E-state index is 12.2. The summed E-state index contributed by atoms with van der Waals surface area (Å²) in [6.07, 6.45) is -0.151. The van der Waals surface area contributed by atoms with Crippen molar-refractivity contribution in [1.82, 2.24) is 15.8 Å². The molecule has 0 saturated heterocycles. The predicted molar refractivity (Wildman–Crippen MR) is 90.1 cm³/mol. The average molecular weight is 353 g/mol. The molecule has 0 spiro atoms. The Labute approximate surface area is 148 Å². The molecule has 0 saturated carbocycles. The van der Waals surface area contributed by atoms with E-state index in [1.54, 1.807) is 24.3 Å². The van der Waals surface area contributed by atoms with Gasteiger partial charge in [0, 0.05) is 18.5 Å². The van der Waals surface area contributed by atoms with Gasteiger partial charge in [0.15, 0.2) is 0 Å². The third kappa shape index (κ3) is 3.39. The molecule has 3 N–H and O–H groups in total. The Morgan fingerprint density at radius 3 is 2.04 bits per heavy atom. The molecule has 1 heterocycles. The lowest BCUT2D eigenvalue weighted by molar-refractivity contribution is -0.121. The van der Waals surface area contributed by atoms with E-state index in [0.29, 0.717) is 11.1 Å². The molecular formula is C18H15N3O5. The fourth-order valence-corrected chi connectivity index (χ4v) is 2.53. The Balaban J connectivity index is 1.50. The quantitative estimate of drug-likeness (QED) is 0.556. The summed E-state index contributed by atoms with van der Waals surface area (Å²) in [5.74, 6) is -1.96. The molecule has 8 nitrogen and oxygen atoms in total. The van der Waals surface area contributed by atoms with Gasteiger partial charge in [0.1, 0.15) is 5.75 Å². The zero-order valence-electron chi connectivity index (χ0n) is 13.6. The maximum absolute atomic E-state index is 12.2. The van der Waals surface area contributed by atoms with E-state index in [4.69, 9.17) is 0 Å². The summed E-state index contributed by atoms with van der Waals surface area (Å²) in [6.45, 7) is -0.0900. The Bertz CT molecular complexity index is 857. The summed E-state index contributed by atoms with van der Waals surface area (Å²) in [5.41, 5.74) is 5.33. The number of phenols is 1. The molecule has 0 radical (unpaired) electrons. The van der Waals surface area contributed by atoms with Crippen molar-refractivity contribution >= 4 is 23.6 Å². The third-order valence-corrected chi connectivity index (χ3v) is 3.89. The number of carbonyl (C=O) groups is 4. The topological polar surface area (TPSA) is 116 Å². The molecule has 26 heavy (non-hydrogen) atoms. The highest BCUT2D eigenvalue weighted by Gasteiger charge is 2.34. The predicted octanol–water partition coefficient (Wildman–Crippen LogP) is 0.840. The van der Waals surface area contributed by atoms with E-state index in [1.165, 1.54) is 24.3 Å². The minimum Gasteiger partial charge on any atom is -0.508 e. The number of aromatic hydroxyl groups is 1. The highest BCUT2D eigenvalue weighted by molar-refractivity contribution is 6.21. The monoisotopic (exact) mass is 353 g/mol. The largest absolute Gasteiger partial charge is 0.508 e. The van der Waals surface area contributed by atoms with Crippen molar-refractivity contribution < 1.29 is 24.3 Å². The summed E-state index contributed by atoms with van der Waals surface area (Å²) in [7, 11) is 0. The van der Waals surface area contributed by atoms with Crippen molar-refractivity contribution in [2.24, 2.45) is 0 Å². The molecule has 0 fully saturated rings. The fourth-order valence-electron chi connectivity index (χ4n) is 2.53. The molecule has 0 atom stereocenters. The lowest BCUT2D eigenvalue weighted by Gasteiger charge is -2.13. The van der Waals surface area contributed by atoms with Crippen molar-refractivity contribution in [1.29, 1.82) is 0 Å². The standard InChI is InChI=1S/C18H15N3O5/c22-12-7-5-11(6-8-12)16(24)20-19-15(23)9-10-21-17(25)13-3-1-2-4-14(13)18(21)26/h1-8,22H,9-10H2,(H,19,23)(H,20,24). The lowest BCUT2D eigenvalue weighted by atomic mass is 10.1. The van der Waals surface area contributed by atoms with Gasteiger partial charge in [-0.1, -0.05) is 12.1 Å². The summed E-state index contributed by atoms with van der Waals surface area (Å²) < 4.78 is 0. The number of phenolic OH excluding ortho intramolecular Hbond substituents is 1. The highest BCUT2D eigenvalue weighted by atomic mass is 16.3. The van der Waals surface area contributed by atoms with E-state index in [2.05, 4.69) is 10.9 Å². The molecule has 0 unspecified atom stereocenters. The van der Waals surface area contributed by atoms with Gasteiger partial charge in [-0.15, -0.1) is 0 Å². The molecule has 2 aromatic rings. The molecule has 8 heteroatoms. The second kappa shape index (κ2) is 7.06. The van der Waals surface area contributed by atoms with Crippen molar-refractivity contribution in [2.45, 2.75) is 6.42 Å². The van der Waals surface area contributed by atoms with Crippen LogP contribution in [0, 0.1) is 0 Å². The zero-order chi connectivity index (χ0) is 18.7. The molecule has 132 valence electrons. The zero-order valence-corrected chi connectivity index (χ0v) is 13.6. The van der Waals surface area contributed by atoms with Crippen LogP contribution in [0.4, 0.5) is 0 Å². The highest BCUT2D eigenvalue weighted by Crippen LogP contribution is 2.22. The first-order valence-corrected chi connectivity index (χ1v) is 7.81. The Morgan fingerprint density at radius 2 is 1.46 bits per heavy atom. The van der Waals surface area contributed by atoms with Crippen LogP contribution in [0.25, 0.3) is 0 Å². The first-order chi connectivity index (χ1) is 12.5. The van der Waals surface area contributed by atoms with Gasteiger partial charge in [0.05, 0.1) is 11.1 Å². The van der Waals surface area contributed by atoms with Gasteiger partial charge in [-0.3, -0.25) is 34.9 Å². The van der Waals surface area contributed by atoms with Gasteiger partial charge in [0.25, 0.3) is 17.7 Å². The van der Waals surface area contributed by atoms with Crippen LogP contribution < -0.4 is 10.9 Å². The second-order valence-corrected chi connectivity index (χ2v) is 5.61. The molecule has 0 bridgehead atoms. The molecule has 0 aliphatic carbocycles. The van der Waals surface area contributed by atoms with Crippen LogP contribution in [0.5, 0.6) is 5.75 Å². The van der Waals surface area contributed by atoms with E-state index < -0.39 is 23.6 Å². The summed E-state index contributed by atoms with van der Waals surface area (Å²) in [6, 6.07) is 11.9. The molecule has 1 aliphatic rings. The van der Waals surface area contributed by atoms with Crippen molar-refractivity contribution in [3.05, 3.63) is 65.2 Å². The minimum absolute atomic E-state index is 0.0199. The van der Waals surface area contributed by atoms with Crippen LogP contribution >= 0.6 is 0 Å². The Morgan fingerprint density at radius 1 is 0.885 bits per heavy atom. The van der Waals surface area contributed by atoms with Crippen LogP contribution in [-0.4, -0.2) is 40.2 Å². The summed E-state index contributed by atoms with van der Waals surface area (Å²) >= 11 is 0. The summed E-state index contributed by atoms with van der Waals surface area (Å²) in [5, 5.41) is 9.18. The first-order valence-electron chi connectivity index (χ1n) is 7.81. The SMILES string of the molecule is O=C(CCN1C(=O)c2ccccc2C1=O)NNC(=O)c1ccc(O)cc1. The number of fused-ring (bicyclic) bond motifs is 1. The van der Waals surface area contributed by atoms with Crippen LogP contribution in [0.2, 0.25) is 0 Å². The lowest BCUT2D eigenvalue weighted by Crippen LogP contribution is -2.43. The number of amides is 4. The van der Waals surface area contributed by atoms with Crippen molar-refractivity contribution in [3.63, 3.8) is 0 Å². The van der Waals surface area contributed by atoms with Crippen LogP contribution in [0.3, 0.4) is 0 Å². The van der Waals surface area contributed by atoms with Crippen molar-refractivity contribution in [2.75, 3.05) is 6.54 Å². The van der Waals surface area contributed by atoms with Crippen LogP contribution in [0.15, 0.2) is 48.5 Å². The average Bonchev–Trinajstić information content (AvgIpc) is 2.89. The number of carbonyl (C=O) groups excluding carboxylic acids is 4. The van der Waals surface area contributed by atoms with Gasteiger partial charge in [0.2, 0.25) is 5.91 Å². The number of benzene rings is 2. The van der Waals surface area contributed by atoms with E-state index in [1.807, 2.05) is 0 Å². The number of hydrogen-bond acceptors (Lipinski definition) is 5. The van der Waals surface area contributed by atoms with E-state index >= 15 is 0 Å². The first kappa shape index (κ1) is 17.2. The van der Waals surface area contributed by atoms with Gasteiger partial charge >= 0.3 is 0 Å². The molecule has 0 aromatic heterocycles. The van der Waals surface area contributed by atoms with Gasteiger partial charge in [-0.2, -0.15) is 0 Å². The molecule has 1 aliphatic heterocycles. The molecular weight excluding hydrogens is 338 g/mol. The number of rotatable bonds is 4. The van der Waals surface area contributed by atoms with E-state index in [-0.39, 0.29) is 24.3 Å². The molecule has 4 amide bonds.